The molecule has 4 aliphatic heterocycles. The van der Waals surface area contributed by atoms with E-state index in [2.05, 4.69) is 20.5 Å². The highest BCUT2D eigenvalue weighted by atomic mass is 32.1. The minimum Gasteiger partial charge on any atom is -0.491 e. The zero-order chi connectivity index (χ0) is 54.9. The summed E-state index contributed by atoms with van der Waals surface area (Å²) in [6, 6.07) is 17.1. The van der Waals surface area contributed by atoms with Crippen LogP contribution < -0.4 is 25.2 Å². The predicted molar refractivity (Wildman–Crippen MR) is 283 cm³/mol. The number of amides is 4. The molecule has 406 valence electrons. The number of benzene rings is 3. The molecule has 0 spiro atoms. The number of anilines is 2. The second kappa shape index (κ2) is 22.9. The topological polar surface area (TPSA) is 193 Å². The van der Waals surface area contributed by atoms with Gasteiger partial charge in [-0.3, -0.25) is 33.9 Å². The van der Waals surface area contributed by atoms with Gasteiger partial charge < -0.3 is 39.8 Å². The number of hydrogen-bond acceptors (Lipinski definition) is 14. The Morgan fingerprint density at radius 1 is 0.961 bits per heavy atom. The number of carbonyl (C=O) groups is 4. The van der Waals surface area contributed by atoms with Crippen molar-refractivity contribution in [2.45, 2.75) is 103 Å². The number of morpholine rings is 2. The lowest BCUT2D eigenvalue weighted by Gasteiger charge is -2.39. The number of ether oxygens (including phenoxy) is 3. The van der Waals surface area contributed by atoms with Gasteiger partial charge in [0.05, 0.1) is 77.0 Å². The molecule has 3 N–H and O–H groups in total. The van der Waals surface area contributed by atoms with Crippen molar-refractivity contribution in [2.75, 3.05) is 75.4 Å². The molecule has 5 heterocycles. The standard InChI is InChI=1S/C54H64F3N9O8S2/c1-32(34-8-10-35(11-9-34)46-33(2)59-31-76-46)60-48(69)44-23-39(67)25-64(44)49(70)47(52(3,4)5)61-45(68)29-63-19-20-72-41(27-63)26-62-18-21-73-42(28-62)30-74-40-16-14-37(15-17-40)66-51(75)65(50(71)53(66,6)7)38-13-12-36(24-58)43(22-38)54(55,56)57/h8-17,22,31-32,39,41-42,44,47,67H,18-21,23,25-30H2,1-7H3,(H,60,69)(H,61,68)/t32-,39+,41+,42+,44-,47+/m0/s1. The van der Waals surface area contributed by atoms with E-state index in [0.29, 0.717) is 57.4 Å². The van der Waals surface area contributed by atoms with Gasteiger partial charge in [0.2, 0.25) is 17.7 Å². The molecular formula is C54H64F3N9O8S2. The van der Waals surface area contributed by atoms with Gasteiger partial charge in [-0.15, -0.1) is 11.3 Å². The lowest BCUT2D eigenvalue weighted by atomic mass is 9.85. The number of aliphatic hydroxyl groups excluding tert-OH is 1. The lowest BCUT2D eigenvalue weighted by Crippen LogP contribution is -2.59. The maximum Gasteiger partial charge on any atom is 0.417 e. The van der Waals surface area contributed by atoms with Crippen molar-refractivity contribution in [3.05, 3.63) is 94.6 Å². The van der Waals surface area contributed by atoms with E-state index in [1.54, 1.807) is 60.4 Å². The van der Waals surface area contributed by atoms with Crippen LogP contribution in [0, 0.1) is 23.7 Å². The molecule has 8 rings (SSSR count). The number of thiocarbonyl (C=S) groups is 1. The SMILES string of the molecule is Cc1ncsc1-c1ccc([C@H](C)NC(=O)[C@@H]2C[C@@H](O)CN2C(=O)[C@@H](NC(=O)CN2CCO[C@H](CN3CCO[C@@H](COc4ccc(N5C(=S)N(c6ccc(C#N)c(C(F)(F)F)c6)C(=O)C5(C)C)cc4)C3)C2)C(C)(C)C)cc1. The van der Waals surface area contributed by atoms with E-state index in [9.17, 15) is 42.7 Å². The summed E-state index contributed by atoms with van der Waals surface area (Å²) in [5.74, 6) is -1.17. The summed E-state index contributed by atoms with van der Waals surface area (Å²) in [5, 5.41) is 26.0. The van der Waals surface area contributed by atoms with Crippen LogP contribution in [-0.2, 0) is 34.8 Å². The van der Waals surface area contributed by atoms with Gasteiger partial charge >= 0.3 is 6.18 Å². The number of thiazole rings is 1. The van der Waals surface area contributed by atoms with Crippen molar-refractivity contribution in [1.82, 2.24) is 30.3 Å². The maximum absolute atomic E-state index is 14.3. The van der Waals surface area contributed by atoms with Crippen LogP contribution in [0.5, 0.6) is 5.75 Å². The molecular weight excluding hydrogens is 1020 g/mol. The van der Waals surface area contributed by atoms with Gasteiger partial charge in [0.1, 0.15) is 36.1 Å². The fourth-order valence-electron chi connectivity index (χ4n) is 10.1. The monoisotopic (exact) mass is 1090 g/mol. The van der Waals surface area contributed by atoms with Gasteiger partial charge in [0.25, 0.3) is 5.91 Å². The molecule has 76 heavy (non-hydrogen) atoms. The number of rotatable bonds is 15. The third-order valence-corrected chi connectivity index (χ3v) is 15.6. The van der Waals surface area contributed by atoms with Crippen LogP contribution >= 0.6 is 23.6 Å². The van der Waals surface area contributed by atoms with Gasteiger partial charge in [-0.25, -0.2) is 4.98 Å². The fourth-order valence-corrected chi connectivity index (χ4v) is 11.5. The zero-order valence-corrected chi connectivity index (χ0v) is 45.2. The van der Waals surface area contributed by atoms with Crippen molar-refractivity contribution < 1.29 is 51.7 Å². The lowest BCUT2D eigenvalue weighted by molar-refractivity contribution is -0.144. The van der Waals surface area contributed by atoms with Crippen molar-refractivity contribution >= 4 is 63.7 Å². The van der Waals surface area contributed by atoms with Crippen LogP contribution in [-0.4, -0.2) is 155 Å². The number of carbonyl (C=O) groups excluding carboxylic acids is 4. The van der Waals surface area contributed by atoms with Gasteiger partial charge in [0.15, 0.2) is 5.11 Å². The summed E-state index contributed by atoms with van der Waals surface area (Å²) < 4.78 is 59.8. The summed E-state index contributed by atoms with van der Waals surface area (Å²) in [5.41, 5.74) is 1.40. The quantitative estimate of drug-likeness (QED) is 0.116. The molecule has 3 aromatic carbocycles. The van der Waals surface area contributed by atoms with E-state index in [4.69, 9.17) is 26.4 Å². The molecule has 0 aliphatic carbocycles. The largest absolute Gasteiger partial charge is 0.491 e. The molecule has 4 saturated heterocycles. The number of likely N-dealkylation sites (tertiary alicyclic amines) is 1. The summed E-state index contributed by atoms with van der Waals surface area (Å²) in [7, 11) is 0. The first-order valence-electron chi connectivity index (χ1n) is 25.2. The third-order valence-electron chi connectivity index (χ3n) is 14.2. The van der Waals surface area contributed by atoms with Gasteiger partial charge in [-0.05, 0) is 98.9 Å². The van der Waals surface area contributed by atoms with Crippen molar-refractivity contribution in [1.29, 1.82) is 5.26 Å². The van der Waals surface area contributed by atoms with Gasteiger partial charge in [-0.1, -0.05) is 45.0 Å². The van der Waals surface area contributed by atoms with E-state index in [1.807, 2.05) is 69.3 Å². The molecule has 17 nitrogen and oxygen atoms in total. The molecule has 4 aromatic rings. The summed E-state index contributed by atoms with van der Waals surface area (Å²) >= 11 is 7.25. The average molecular weight is 1090 g/mol. The van der Waals surface area contributed by atoms with Crippen LogP contribution in [0.2, 0.25) is 0 Å². The van der Waals surface area contributed by atoms with Crippen LogP contribution in [0.1, 0.15) is 76.4 Å². The Bertz CT molecular complexity index is 2840. The summed E-state index contributed by atoms with van der Waals surface area (Å²) in [6.45, 7) is 16.5. The Hall–Kier alpha value is -6.06. The molecule has 0 radical (unpaired) electrons. The van der Waals surface area contributed by atoms with Crippen LogP contribution in [0.3, 0.4) is 0 Å². The van der Waals surface area contributed by atoms with E-state index < -0.39 is 58.3 Å². The molecule has 0 unspecified atom stereocenters. The van der Waals surface area contributed by atoms with E-state index in [-0.39, 0.29) is 67.0 Å². The van der Waals surface area contributed by atoms with E-state index in [0.717, 1.165) is 38.7 Å². The van der Waals surface area contributed by atoms with Crippen LogP contribution in [0.4, 0.5) is 24.5 Å². The van der Waals surface area contributed by atoms with Gasteiger partial charge in [0, 0.05) is 51.4 Å². The predicted octanol–water partition coefficient (Wildman–Crippen LogP) is 6.08. The first-order chi connectivity index (χ1) is 35.9. The number of aryl methyl sites for hydroxylation is 1. The highest BCUT2D eigenvalue weighted by Crippen LogP contribution is 2.40. The number of hydrogen-bond donors (Lipinski definition) is 3. The molecule has 0 bridgehead atoms. The average Bonchev–Trinajstić information content (AvgIpc) is 4.07. The molecule has 6 atom stereocenters. The molecule has 4 fully saturated rings. The number of halogens is 3. The van der Waals surface area contributed by atoms with E-state index in [1.165, 1.54) is 11.0 Å². The Morgan fingerprint density at radius 3 is 2.26 bits per heavy atom. The Kier molecular flexibility index (Phi) is 16.9. The molecule has 1 aromatic heterocycles. The number of β-amino-alcohol motifs (C(OH)–C–C–N with tert-alkyl or cyclic N) is 1. The maximum atomic E-state index is 14.3. The number of aliphatic hydroxyl groups is 1. The van der Waals surface area contributed by atoms with Crippen molar-refractivity contribution in [3.63, 3.8) is 0 Å². The third kappa shape index (κ3) is 12.5. The zero-order valence-electron chi connectivity index (χ0n) is 43.6. The second-order valence-corrected chi connectivity index (χ2v) is 22.5. The number of nitrogens with one attached hydrogen (secondary N) is 2. The molecule has 4 aliphatic rings. The first kappa shape index (κ1) is 56.2. The van der Waals surface area contributed by atoms with Crippen LogP contribution in [0.15, 0.2) is 72.2 Å². The van der Waals surface area contributed by atoms with Crippen molar-refractivity contribution in [3.8, 4) is 22.3 Å². The van der Waals surface area contributed by atoms with E-state index >= 15 is 0 Å². The smallest absolute Gasteiger partial charge is 0.417 e. The Balaban J connectivity index is 0.810. The highest BCUT2D eigenvalue weighted by Gasteiger charge is 2.51. The number of aromatic nitrogens is 1. The fraction of sp³-hybridized carbons (Fsp3) is 0.500. The molecule has 4 amide bonds. The normalized spacial score (nSPS) is 22.3. The minimum atomic E-state index is -4.82. The van der Waals surface area contributed by atoms with Crippen molar-refractivity contribution in [2.24, 2.45) is 5.41 Å². The molecule has 22 heteroatoms. The number of nitrogens with zero attached hydrogens (tertiary/aromatic N) is 7. The summed E-state index contributed by atoms with van der Waals surface area (Å²) in [4.78, 5) is 69.3. The highest BCUT2D eigenvalue weighted by molar-refractivity contribution is 7.81. The Labute approximate surface area is 449 Å². The minimum absolute atomic E-state index is 0.0176. The van der Waals surface area contributed by atoms with Crippen LogP contribution in [0.25, 0.3) is 10.4 Å². The number of nitriles is 1. The summed E-state index contributed by atoms with van der Waals surface area (Å²) in [6.07, 6.45) is -6.14. The molecule has 0 saturated carbocycles. The Morgan fingerprint density at radius 2 is 1.62 bits per heavy atom. The number of alkyl halides is 3. The second-order valence-electron chi connectivity index (χ2n) is 21.3. The van der Waals surface area contributed by atoms with Gasteiger partial charge in [-0.2, -0.15) is 18.4 Å². The first-order valence-corrected chi connectivity index (χ1v) is 26.5.